The largest absolute Gasteiger partial charge is 0.354 e. The second kappa shape index (κ2) is 14.2. The quantitative estimate of drug-likeness (QED) is 0.255. The molecule has 41 heavy (non-hydrogen) atoms. The zero-order valence-electron chi connectivity index (χ0n) is 24.0. The van der Waals surface area contributed by atoms with Gasteiger partial charge in [0.25, 0.3) is 10.0 Å². The maximum Gasteiger partial charge on any atom is 0.264 e. The first-order chi connectivity index (χ1) is 19.3. The predicted octanol–water partition coefficient (Wildman–Crippen LogP) is 6.39. The van der Waals surface area contributed by atoms with Gasteiger partial charge in [-0.05, 0) is 73.7 Å². The van der Waals surface area contributed by atoms with E-state index in [-0.39, 0.29) is 23.3 Å². The SMILES string of the molecule is CC[C@H](C(=O)NCC(C)C)N(Cc1ccccc1Cl)C(=O)CN(c1ccc(Cl)cc1C)S(=O)(=O)c1ccc(C)cc1. The molecule has 0 spiro atoms. The van der Waals surface area contributed by atoms with E-state index < -0.39 is 28.5 Å². The van der Waals surface area contributed by atoms with Crippen LogP contribution in [0.5, 0.6) is 0 Å². The summed E-state index contributed by atoms with van der Waals surface area (Å²) in [6.07, 6.45) is 0.324. The molecule has 0 aromatic heterocycles. The summed E-state index contributed by atoms with van der Waals surface area (Å²) in [6, 6.07) is 17.5. The second-order valence-corrected chi connectivity index (χ2v) is 13.1. The number of hydrogen-bond acceptors (Lipinski definition) is 4. The lowest BCUT2D eigenvalue weighted by Crippen LogP contribution is -2.52. The van der Waals surface area contributed by atoms with E-state index in [9.17, 15) is 18.0 Å². The van der Waals surface area contributed by atoms with Crippen molar-refractivity contribution in [3.8, 4) is 0 Å². The van der Waals surface area contributed by atoms with Crippen molar-refractivity contribution in [2.75, 3.05) is 17.4 Å². The van der Waals surface area contributed by atoms with Crippen LogP contribution < -0.4 is 9.62 Å². The molecule has 0 unspecified atom stereocenters. The van der Waals surface area contributed by atoms with Crippen LogP contribution in [0, 0.1) is 19.8 Å². The molecule has 3 aromatic rings. The fourth-order valence-corrected chi connectivity index (χ4v) is 6.30. The summed E-state index contributed by atoms with van der Waals surface area (Å²) in [5, 5.41) is 3.81. The monoisotopic (exact) mass is 617 g/mol. The molecule has 0 aliphatic heterocycles. The van der Waals surface area contributed by atoms with E-state index in [1.807, 2.05) is 27.7 Å². The number of aryl methyl sites for hydroxylation is 2. The smallest absolute Gasteiger partial charge is 0.264 e. The van der Waals surface area contributed by atoms with Gasteiger partial charge in [-0.2, -0.15) is 0 Å². The van der Waals surface area contributed by atoms with Crippen LogP contribution in [0.3, 0.4) is 0 Å². The topological polar surface area (TPSA) is 86.8 Å². The van der Waals surface area contributed by atoms with Gasteiger partial charge in [-0.25, -0.2) is 8.42 Å². The van der Waals surface area contributed by atoms with Gasteiger partial charge >= 0.3 is 0 Å². The number of nitrogens with zero attached hydrogens (tertiary/aromatic N) is 2. The van der Waals surface area contributed by atoms with Crippen LogP contribution in [-0.2, 0) is 26.2 Å². The van der Waals surface area contributed by atoms with Gasteiger partial charge in [-0.1, -0.05) is 79.9 Å². The maximum atomic E-state index is 14.2. The van der Waals surface area contributed by atoms with Gasteiger partial charge in [0.1, 0.15) is 12.6 Å². The Kier molecular flexibility index (Phi) is 11.2. The highest BCUT2D eigenvalue weighted by Gasteiger charge is 2.34. The van der Waals surface area contributed by atoms with Gasteiger partial charge in [0.15, 0.2) is 0 Å². The van der Waals surface area contributed by atoms with Crippen molar-refractivity contribution in [1.82, 2.24) is 10.2 Å². The Bertz CT molecular complexity index is 1480. The van der Waals surface area contributed by atoms with Crippen molar-refractivity contribution in [1.29, 1.82) is 0 Å². The third-order valence-corrected chi connectivity index (χ3v) is 9.06. The molecule has 0 aliphatic carbocycles. The van der Waals surface area contributed by atoms with E-state index in [2.05, 4.69) is 5.32 Å². The van der Waals surface area contributed by atoms with Crippen molar-refractivity contribution in [2.45, 2.75) is 58.5 Å². The number of halogens is 2. The van der Waals surface area contributed by atoms with Crippen LogP contribution in [0.15, 0.2) is 71.6 Å². The molecule has 0 bridgehead atoms. The van der Waals surface area contributed by atoms with Crippen molar-refractivity contribution < 1.29 is 18.0 Å². The zero-order chi connectivity index (χ0) is 30.3. The Labute approximate surface area is 253 Å². The van der Waals surface area contributed by atoms with Crippen LogP contribution in [-0.4, -0.2) is 44.3 Å². The summed E-state index contributed by atoms with van der Waals surface area (Å²) in [7, 11) is -4.17. The van der Waals surface area contributed by atoms with E-state index in [0.29, 0.717) is 39.8 Å². The Hall–Kier alpha value is -3.07. The molecule has 0 heterocycles. The average Bonchev–Trinajstić information content (AvgIpc) is 2.92. The summed E-state index contributed by atoms with van der Waals surface area (Å²) < 4.78 is 29.1. The normalized spacial score (nSPS) is 12.2. The predicted molar refractivity (Wildman–Crippen MR) is 166 cm³/mol. The summed E-state index contributed by atoms with van der Waals surface area (Å²) in [6.45, 7) is 9.33. The summed E-state index contributed by atoms with van der Waals surface area (Å²) >= 11 is 12.6. The second-order valence-electron chi connectivity index (χ2n) is 10.4. The molecule has 0 saturated carbocycles. The lowest BCUT2D eigenvalue weighted by atomic mass is 10.1. The summed E-state index contributed by atoms with van der Waals surface area (Å²) in [5.41, 5.74) is 2.45. The molecule has 3 aromatic carbocycles. The Morgan fingerprint density at radius 2 is 1.61 bits per heavy atom. The first-order valence-electron chi connectivity index (χ1n) is 13.5. The van der Waals surface area contributed by atoms with Gasteiger partial charge in [0.05, 0.1) is 10.6 Å². The van der Waals surface area contributed by atoms with Crippen LogP contribution in [0.1, 0.15) is 43.9 Å². The number of rotatable bonds is 12. The van der Waals surface area contributed by atoms with Crippen molar-refractivity contribution in [3.63, 3.8) is 0 Å². The van der Waals surface area contributed by atoms with Gasteiger partial charge < -0.3 is 10.2 Å². The van der Waals surface area contributed by atoms with E-state index in [1.165, 1.54) is 17.0 Å². The molecule has 0 saturated heterocycles. The number of amides is 2. The van der Waals surface area contributed by atoms with Crippen molar-refractivity contribution in [2.24, 2.45) is 5.92 Å². The standard InChI is InChI=1S/C31H37Cl2N3O4S/c1-6-28(31(38)34-18-21(2)3)35(19-24-9-7-8-10-27(24)33)30(37)20-36(29-16-13-25(32)17-23(29)5)41(39,40)26-14-11-22(4)12-15-26/h7-17,21,28H,6,18-20H2,1-5H3,(H,34,38)/t28-/m1/s1. The van der Waals surface area contributed by atoms with Crippen molar-refractivity contribution in [3.05, 3.63) is 93.5 Å². The van der Waals surface area contributed by atoms with E-state index >= 15 is 0 Å². The third-order valence-electron chi connectivity index (χ3n) is 6.68. The number of sulfonamides is 1. The molecule has 0 fully saturated rings. The number of carbonyl (C=O) groups is 2. The van der Waals surface area contributed by atoms with Gasteiger partial charge in [-0.15, -0.1) is 0 Å². The zero-order valence-corrected chi connectivity index (χ0v) is 26.4. The lowest BCUT2D eigenvalue weighted by molar-refractivity contribution is -0.140. The molecule has 1 atom stereocenters. The first-order valence-corrected chi connectivity index (χ1v) is 15.7. The van der Waals surface area contributed by atoms with E-state index in [4.69, 9.17) is 23.2 Å². The minimum atomic E-state index is -4.17. The number of benzene rings is 3. The van der Waals surface area contributed by atoms with Crippen LogP contribution in [0.4, 0.5) is 5.69 Å². The number of nitrogens with one attached hydrogen (secondary N) is 1. The molecule has 0 radical (unpaired) electrons. The highest BCUT2D eigenvalue weighted by molar-refractivity contribution is 7.92. The number of anilines is 1. The van der Waals surface area contributed by atoms with Gasteiger partial charge in [0.2, 0.25) is 11.8 Å². The molecule has 10 heteroatoms. The Morgan fingerprint density at radius 1 is 0.951 bits per heavy atom. The van der Waals surface area contributed by atoms with Gasteiger partial charge in [-0.3, -0.25) is 13.9 Å². The fraction of sp³-hybridized carbons (Fsp3) is 0.355. The number of carbonyl (C=O) groups excluding carboxylic acids is 2. The number of hydrogen-bond donors (Lipinski definition) is 1. The fourth-order valence-electron chi connectivity index (χ4n) is 4.40. The minimum absolute atomic E-state index is 0.0319. The van der Waals surface area contributed by atoms with E-state index in [1.54, 1.807) is 61.5 Å². The molecule has 2 amide bonds. The van der Waals surface area contributed by atoms with Crippen LogP contribution >= 0.6 is 23.2 Å². The molecule has 3 rings (SSSR count). The minimum Gasteiger partial charge on any atom is -0.354 e. The lowest BCUT2D eigenvalue weighted by Gasteiger charge is -2.34. The Balaban J connectivity index is 2.09. The molecule has 0 aliphatic rings. The highest BCUT2D eigenvalue weighted by atomic mass is 35.5. The van der Waals surface area contributed by atoms with Crippen LogP contribution in [0.25, 0.3) is 0 Å². The molecular formula is C31H37Cl2N3O4S. The molecule has 7 nitrogen and oxygen atoms in total. The molecule has 1 N–H and O–H groups in total. The van der Waals surface area contributed by atoms with Gasteiger partial charge in [0, 0.05) is 23.1 Å². The first kappa shape index (κ1) is 32.4. The van der Waals surface area contributed by atoms with Crippen LogP contribution in [0.2, 0.25) is 10.0 Å². The highest BCUT2D eigenvalue weighted by Crippen LogP contribution is 2.30. The van der Waals surface area contributed by atoms with E-state index in [0.717, 1.165) is 9.87 Å². The molecule has 220 valence electrons. The van der Waals surface area contributed by atoms with Crippen molar-refractivity contribution >= 4 is 50.7 Å². The maximum absolute atomic E-state index is 14.2. The average molecular weight is 619 g/mol. The Morgan fingerprint density at radius 3 is 2.20 bits per heavy atom. The summed E-state index contributed by atoms with van der Waals surface area (Å²) in [5.74, 6) is -0.633. The molecular weight excluding hydrogens is 581 g/mol. The summed E-state index contributed by atoms with van der Waals surface area (Å²) in [4.78, 5) is 28.9. The third kappa shape index (κ3) is 8.24.